The second-order valence-corrected chi connectivity index (χ2v) is 5.25. The Morgan fingerprint density at radius 1 is 1.32 bits per heavy atom. The smallest absolute Gasteiger partial charge is 0.224 e. The van der Waals surface area contributed by atoms with Crippen molar-refractivity contribution in [1.29, 1.82) is 0 Å². The number of benzene rings is 1. The van der Waals surface area contributed by atoms with Crippen LogP contribution in [0.15, 0.2) is 24.3 Å². The summed E-state index contributed by atoms with van der Waals surface area (Å²) in [4.78, 5) is 25.2. The SMILES string of the molecule is CCN(Cc1ccccc1NC(=O)CCC(C)N)C(C)=O.Cl. The molecule has 0 saturated carbocycles. The van der Waals surface area contributed by atoms with Crippen LogP contribution in [-0.4, -0.2) is 29.3 Å². The number of rotatable bonds is 7. The average molecular weight is 328 g/mol. The van der Waals surface area contributed by atoms with Crippen LogP contribution in [0.25, 0.3) is 0 Å². The van der Waals surface area contributed by atoms with Crippen molar-refractivity contribution in [1.82, 2.24) is 4.90 Å². The molecule has 0 aliphatic carbocycles. The van der Waals surface area contributed by atoms with Crippen LogP contribution in [0.3, 0.4) is 0 Å². The standard InChI is InChI=1S/C16H25N3O2.ClH/c1-4-19(13(3)20)11-14-7-5-6-8-15(14)18-16(21)10-9-12(2)17;/h5-8,12H,4,9-11,17H2,1-3H3,(H,18,21);1H. The Morgan fingerprint density at radius 2 is 1.95 bits per heavy atom. The number of anilines is 1. The molecular formula is C16H26ClN3O2. The highest BCUT2D eigenvalue weighted by Gasteiger charge is 2.12. The van der Waals surface area contributed by atoms with Crippen molar-refractivity contribution in [2.75, 3.05) is 11.9 Å². The molecule has 0 spiro atoms. The van der Waals surface area contributed by atoms with Gasteiger partial charge in [-0.25, -0.2) is 0 Å². The fourth-order valence-corrected chi connectivity index (χ4v) is 2.00. The van der Waals surface area contributed by atoms with Crippen LogP contribution in [0.1, 0.15) is 39.2 Å². The van der Waals surface area contributed by atoms with Gasteiger partial charge in [-0.05, 0) is 31.9 Å². The predicted molar refractivity (Wildman–Crippen MR) is 92.0 cm³/mol. The lowest BCUT2D eigenvalue weighted by Gasteiger charge is -2.21. The van der Waals surface area contributed by atoms with Gasteiger partial charge in [0.15, 0.2) is 0 Å². The molecule has 1 aromatic rings. The molecule has 0 fully saturated rings. The molecule has 1 unspecified atom stereocenters. The maximum atomic E-state index is 11.9. The minimum atomic E-state index is -0.0503. The van der Waals surface area contributed by atoms with Gasteiger partial charge in [0, 0.05) is 38.2 Å². The van der Waals surface area contributed by atoms with E-state index in [2.05, 4.69) is 5.32 Å². The van der Waals surface area contributed by atoms with Gasteiger partial charge in [0.1, 0.15) is 0 Å². The second-order valence-electron chi connectivity index (χ2n) is 5.25. The third kappa shape index (κ3) is 6.91. The minimum absolute atomic E-state index is 0. The monoisotopic (exact) mass is 327 g/mol. The first-order valence-electron chi connectivity index (χ1n) is 7.32. The number of nitrogens with two attached hydrogens (primary N) is 1. The van der Waals surface area contributed by atoms with Crippen molar-refractivity contribution < 1.29 is 9.59 Å². The Bertz CT molecular complexity index is 492. The Balaban J connectivity index is 0.00000441. The molecule has 0 radical (unpaired) electrons. The fourth-order valence-electron chi connectivity index (χ4n) is 2.00. The minimum Gasteiger partial charge on any atom is -0.339 e. The lowest BCUT2D eigenvalue weighted by Crippen LogP contribution is -2.28. The fraction of sp³-hybridized carbons (Fsp3) is 0.500. The molecule has 3 N–H and O–H groups in total. The summed E-state index contributed by atoms with van der Waals surface area (Å²) in [5.41, 5.74) is 7.35. The molecule has 124 valence electrons. The zero-order valence-electron chi connectivity index (χ0n) is 13.5. The van der Waals surface area contributed by atoms with Crippen LogP contribution >= 0.6 is 12.4 Å². The van der Waals surface area contributed by atoms with Gasteiger partial charge < -0.3 is 16.0 Å². The highest BCUT2D eigenvalue weighted by molar-refractivity contribution is 5.91. The van der Waals surface area contributed by atoms with E-state index in [9.17, 15) is 9.59 Å². The van der Waals surface area contributed by atoms with E-state index in [1.807, 2.05) is 38.1 Å². The summed E-state index contributed by atoms with van der Waals surface area (Å²) in [6, 6.07) is 7.56. The molecule has 1 atom stereocenters. The lowest BCUT2D eigenvalue weighted by molar-refractivity contribution is -0.129. The molecule has 0 bridgehead atoms. The molecule has 0 heterocycles. The van der Waals surface area contributed by atoms with Crippen molar-refractivity contribution in [2.24, 2.45) is 5.73 Å². The van der Waals surface area contributed by atoms with Crippen molar-refractivity contribution in [2.45, 2.75) is 46.2 Å². The first-order valence-corrected chi connectivity index (χ1v) is 7.32. The largest absolute Gasteiger partial charge is 0.339 e. The third-order valence-corrected chi connectivity index (χ3v) is 3.31. The van der Waals surface area contributed by atoms with Crippen molar-refractivity contribution in [3.8, 4) is 0 Å². The Kier molecular flexibility index (Phi) is 9.45. The van der Waals surface area contributed by atoms with Gasteiger partial charge in [0.25, 0.3) is 0 Å². The normalized spacial score (nSPS) is 11.3. The Hall–Kier alpha value is -1.59. The molecule has 2 amide bonds. The predicted octanol–water partition coefficient (Wildman–Crippen LogP) is 2.54. The molecule has 22 heavy (non-hydrogen) atoms. The highest BCUT2D eigenvalue weighted by Crippen LogP contribution is 2.18. The number of halogens is 1. The molecular weight excluding hydrogens is 302 g/mol. The maximum Gasteiger partial charge on any atom is 0.224 e. The summed E-state index contributed by atoms with van der Waals surface area (Å²) in [5, 5.41) is 2.90. The van der Waals surface area contributed by atoms with Crippen LogP contribution in [0.2, 0.25) is 0 Å². The topological polar surface area (TPSA) is 75.4 Å². The summed E-state index contributed by atoms with van der Waals surface area (Å²) in [5.74, 6) is -0.0267. The van der Waals surface area contributed by atoms with E-state index in [4.69, 9.17) is 5.73 Å². The summed E-state index contributed by atoms with van der Waals surface area (Å²) in [6.45, 7) is 6.50. The van der Waals surface area contributed by atoms with Gasteiger partial charge in [0.2, 0.25) is 11.8 Å². The number of carbonyl (C=O) groups excluding carboxylic acids is 2. The van der Waals surface area contributed by atoms with Crippen LogP contribution in [-0.2, 0) is 16.1 Å². The van der Waals surface area contributed by atoms with E-state index in [-0.39, 0.29) is 30.3 Å². The van der Waals surface area contributed by atoms with Gasteiger partial charge in [-0.2, -0.15) is 0 Å². The van der Waals surface area contributed by atoms with Crippen molar-refractivity contribution in [3.05, 3.63) is 29.8 Å². The highest BCUT2D eigenvalue weighted by atomic mass is 35.5. The van der Waals surface area contributed by atoms with E-state index in [1.165, 1.54) is 0 Å². The number of para-hydroxylation sites is 1. The molecule has 0 aromatic heterocycles. The second kappa shape index (κ2) is 10.2. The number of hydrogen-bond donors (Lipinski definition) is 2. The number of nitrogens with one attached hydrogen (secondary N) is 1. The summed E-state index contributed by atoms with van der Waals surface area (Å²) < 4.78 is 0. The van der Waals surface area contributed by atoms with Gasteiger partial charge in [-0.15, -0.1) is 12.4 Å². The van der Waals surface area contributed by atoms with Gasteiger partial charge in [-0.1, -0.05) is 18.2 Å². The number of nitrogens with zero attached hydrogens (tertiary/aromatic N) is 1. The van der Waals surface area contributed by atoms with Crippen LogP contribution < -0.4 is 11.1 Å². The van der Waals surface area contributed by atoms with Crippen molar-refractivity contribution in [3.63, 3.8) is 0 Å². The Morgan fingerprint density at radius 3 is 2.50 bits per heavy atom. The van der Waals surface area contributed by atoms with Gasteiger partial charge in [-0.3, -0.25) is 9.59 Å². The summed E-state index contributed by atoms with van der Waals surface area (Å²) in [7, 11) is 0. The quantitative estimate of drug-likeness (QED) is 0.808. The molecule has 6 heteroatoms. The summed E-state index contributed by atoms with van der Waals surface area (Å²) >= 11 is 0. The Labute approximate surface area is 138 Å². The van der Waals surface area contributed by atoms with E-state index < -0.39 is 0 Å². The number of carbonyl (C=O) groups is 2. The first kappa shape index (κ1) is 20.4. The van der Waals surface area contributed by atoms with Gasteiger partial charge >= 0.3 is 0 Å². The lowest BCUT2D eigenvalue weighted by atomic mass is 10.1. The zero-order chi connectivity index (χ0) is 15.8. The average Bonchev–Trinajstić information content (AvgIpc) is 2.43. The number of hydrogen-bond acceptors (Lipinski definition) is 3. The van der Waals surface area contributed by atoms with Crippen molar-refractivity contribution >= 4 is 29.9 Å². The van der Waals surface area contributed by atoms with Crippen LogP contribution in [0.5, 0.6) is 0 Å². The molecule has 1 rings (SSSR count). The molecule has 0 aliphatic heterocycles. The van der Waals surface area contributed by atoms with Crippen LogP contribution in [0, 0.1) is 0 Å². The zero-order valence-corrected chi connectivity index (χ0v) is 14.3. The molecule has 1 aromatic carbocycles. The molecule has 0 saturated heterocycles. The third-order valence-electron chi connectivity index (χ3n) is 3.31. The molecule has 0 aliphatic rings. The van der Waals surface area contributed by atoms with E-state index in [0.29, 0.717) is 25.9 Å². The van der Waals surface area contributed by atoms with E-state index in [0.717, 1.165) is 11.3 Å². The van der Waals surface area contributed by atoms with E-state index >= 15 is 0 Å². The first-order chi connectivity index (χ1) is 9.93. The number of amides is 2. The molecule has 5 nitrogen and oxygen atoms in total. The van der Waals surface area contributed by atoms with E-state index in [1.54, 1.807) is 11.8 Å². The van der Waals surface area contributed by atoms with Crippen LogP contribution in [0.4, 0.5) is 5.69 Å². The summed E-state index contributed by atoms with van der Waals surface area (Å²) in [6.07, 6.45) is 1.05. The van der Waals surface area contributed by atoms with Gasteiger partial charge in [0.05, 0.1) is 0 Å². The maximum absolute atomic E-state index is 11.9.